The predicted octanol–water partition coefficient (Wildman–Crippen LogP) is 3.29. The van der Waals surface area contributed by atoms with Gasteiger partial charge < -0.3 is 5.11 Å². The lowest BCUT2D eigenvalue weighted by molar-refractivity contribution is -0.164. The van der Waals surface area contributed by atoms with Gasteiger partial charge in [-0.2, -0.15) is 13.2 Å². The average Bonchev–Trinajstić information content (AvgIpc) is 3.09. The molecule has 0 amide bonds. The molecule has 3 nitrogen and oxygen atoms in total. The van der Waals surface area contributed by atoms with E-state index in [9.17, 15) is 23.1 Å². The van der Waals surface area contributed by atoms with E-state index in [-0.39, 0.29) is 18.5 Å². The topological polar surface area (TPSA) is 40.5 Å². The van der Waals surface area contributed by atoms with Crippen LogP contribution in [0, 0.1) is 11.3 Å². The van der Waals surface area contributed by atoms with Gasteiger partial charge in [0.15, 0.2) is 0 Å². The summed E-state index contributed by atoms with van der Waals surface area (Å²) in [5.41, 5.74) is -0.995. The van der Waals surface area contributed by atoms with E-state index in [1.807, 2.05) is 6.92 Å². The molecule has 0 saturated heterocycles. The molecule has 2 rings (SSSR count). The van der Waals surface area contributed by atoms with Crippen molar-refractivity contribution < 1.29 is 23.1 Å². The second kappa shape index (κ2) is 5.54. The van der Waals surface area contributed by atoms with Crippen LogP contribution < -0.4 is 0 Å². The highest BCUT2D eigenvalue weighted by Gasteiger charge is 2.47. The van der Waals surface area contributed by atoms with Crippen molar-refractivity contribution in [2.24, 2.45) is 11.3 Å². The van der Waals surface area contributed by atoms with Crippen LogP contribution in [0.5, 0.6) is 0 Å². The van der Waals surface area contributed by atoms with Crippen molar-refractivity contribution in [3.8, 4) is 0 Å². The molecule has 0 aromatic rings. The fraction of sp³-hybridized carbons (Fsp3) is 0.929. The molecule has 2 fully saturated rings. The Hall–Kier alpha value is -0.780. The van der Waals surface area contributed by atoms with Crippen molar-refractivity contribution >= 4 is 5.97 Å². The van der Waals surface area contributed by atoms with Crippen LogP contribution >= 0.6 is 0 Å². The molecule has 2 saturated carbocycles. The summed E-state index contributed by atoms with van der Waals surface area (Å²) >= 11 is 0. The molecule has 6 heteroatoms. The Morgan fingerprint density at radius 2 is 2.00 bits per heavy atom. The number of rotatable bonds is 5. The van der Waals surface area contributed by atoms with Crippen molar-refractivity contribution in [2.45, 2.75) is 57.7 Å². The maximum absolute atomic E-state index is 12.7. The van der Waals surface area contributed by atoms with Gasteiger partial charge >= 0.3 is 12.1 Å². The molecule has 0 aromatic carbocycles. The third-order valence-electron chi connectivity index (χ3n) is 4.50. The molecule has 0 aliphatic heterocycles. The van der Waals surface area contributed by atoms with Crippen LogP contribution in [0.1, 0.15) is 45.4 Å². The quantitative estimate of drug-likeness (QED) is 0.845. The minimum atomic E-state index is -4.26. The zero-order valence-electron chi connectivity index (χ0n) is 11.7. The van der Waals surface area contributed by atoms with Crippen molar-refractivity contribution in [1.29, 1.82) is 0 Å². The standard InChI is InChI=1S/C14H22F3NO2/c1-10-3-2-6-13(7-10,12(19)20)8-18(11-4-5-11)9-14(15,16)17/h10-11H,2-9H2,1H3,(H,19,20). The summed E-state index contributed by atoms with van der Waals surface area (Å²) in [5, 5.41) is 9.55. The van der Waals surface area contributed by atoms with Crippen LogP contribution in [0.2, 0.25) is 0 Å². The number of halogens is 3. The van der Waals surface area contributed by atoms with E-state index < -0.39 is 24.1 Å². The number of carbonyl (C=O) groups is 1. The van der Waals surface area contributed by atoms with Gasteiger partial charge in [0.2, 0.25) is 0 Å². The highest BCUT2D eigenvalue weighted by Crippen LogP contribution is 2.42. The summed E-state index contributed by atoms with van der Waals surface area (Å²) < 4.78 is 38.0. The molecular weight excluding hydrogens is 271 g/mol. The maximum atomic E-state index is 12.7. The van der Waals surface area contributed by atoms with E-state index in [0.29, 0.717) is 12.8 Å². The zero-order chi connectivity index (χ0) is 15.0. The Labute approximate surface area is 117 Å². The minimum Gasteiger partial charge on any atom is -0.481 e. The van der Waals surface area contributed by atoms with Crippen LogP contribution in [-0.2, 0) is 4.79 Å². The number of carboxylic acids is 1. The first-order valence-corrected chi connectivity index (χ1v) is 7.26. The fourth-order valence-electron chi connectivity index (χ4n) is 3.44. The van der Waals surface area contributed by atoms with Gasteiger partial charge in [-0.15, -0.1) is 0 Å². The molecule has 1 N–H and O–H groups in total. The highest BCUT2D eigenvalue weighted by molar-refractivity contribution is 5.75. The van der Waals surface area contributed by atoms with Crippen molar-refractivity contribution in [2.75, 3.05) is 13.1 Å². The van der Waals surface area contributed by atoms with Crippen LogP contribution in [0.3, 0.4) is 0 Å². The monoisotopic (exact) mass is 293 g/mol. The normalized spacial score (nSPS) is 31.6. The van der Waals surface area contributed by atoms with E-state index in [1.54, 1.807) is 0 Å². The highest BCUT2D eigenvalue weighted by atomic mass is 19.4. The maximum Gasteiger partial charge on any atom is 0.401 e. The van der Waals surface area contributed by atoms with Crippen molar-refractivity contribution in [3.63, 3.8) is 0 Å². The van der Waals surface area contributed by atoms with Crippen molar-refractivity contribution in [3.05, 3.63) is 0 Å². The first kappa shape index (κ1) is 15.6. The van der Waals surface area contributed by atoms with Gasteiger partial charge in [-0.05, 0) is 31.6 Å². The largest absolute Gasteiger partial charge is 0.481 e. The van der Waals surface area contributed by atoms with E-state index in [0.717, 1.165) is 25.7 Å². The Morgan fingerprint density at radius 1 is 1.35 bits per heavy atom. The SMILES string of the molecule is CC1CCCC(CN(CC(F)(F)F)C2CC2)(C(=O)O)C1. The van der Waals surface area contributed by atoms with Gasteiger partial charge in [0, 0.05) is 12.6 Å². The molecule has 20 heavy (non-hydrogen) atoms. The molecule has 2 unspecified atom stereocenters. The van der Waals surface area contributed by atoms with Crippen LogP contribution in [-0.4, -0.2) is 41.3 Å². The Bertz CT molecular complexity index is 368. The van der Waals surface area contributed by atoms with Gasteiger partial charge in [0.25, 0.3) is 0 Å². The fourth-order valence-corrected chi connectivity index (χ4v) is 3.44. The third kappa shape index (κ3) is 3.87. The average molecular weight is 293 g/mol. The van der Waals surface area contributed by atoms with Crippen LogP contribution in [0.15, 0.2) is 0 Å². The molecule has 2 atom stereocenters. The molecular formula is C14H22F3NO2. The molecule has 116 valence electrons. The summed E-state index contributed by atoms with van der Waals surface area (Å²) in [6, 6.07) is -0.0786. The summed E-state index contributed by atoms with van der Waals surface area (Å²) in [6.45, 7) is 1.04. The van der Waals surface area contributed by atoms with Crippen LogP contribution in [0.25, 0.3) is 0 Å². The first-order chi connectivity index (χ1) is 9.22. The number of alkyl halides is 3. The lowest BCUT2D eigenvalue weighted by Crippen LogP contribution is -2.49. The predicted molar refractivity (Wildman–Crippen MR) is 68.4 cm³/mol. The van der Waals surface area contributed by atoms with Crippen LogP contribution in [0.4, 0.5) is 13.2 Å². The van der Waals surface area contributed by atoms with Gasteiger partial charge in [0.1, 0.15) is 0 Å². The molecule has 2 aliphatic carbocycles. The molecule has 0 aromatic heterocycles. The Balaban J connectivity index is 2.10. The number of nitrogens with zero attached hydrogens (tertiary/aromatic N) is 1. The molecule has 2 aliphatic rings. The van der Waals surface area contributed by atoms with E-state index in [2.05, 4.69) is 0 Å². The third-order valence-corrected chi connectivity index (χ3v) is 4.50. The van der Waals surface area contributed by atoms with E-state index >= 15 is 0 Å². The van der Waals surface area contributed by atoms with Gasteiger partial charge in [0.05, 0.1) is 12.0 Å². The molecule has 0 spiro atoms. The first-order valence-electron chi connectivity index (χ1n) is 7.26. The van der Waals surface area contributed by atoms with Gasteiger partial charge in [-0.25, -0.2) is 0 Å². The Morgan fingerprint density at radius 3 is 2.45 bits per heavy atom. The smallest absolute Gasteiger partial charge is 0.401 e. The van der Waals surface area contributed by atoms with Crippen molar-refractivity contribution in [1.82, 2.24) is 4.90 Å². The van der Waals surface area contributed by atoms with E-state index in [1.165, 1.54) is 4.90 Å². The van der Waals surface area contributed by atoms with Gasteiger partial charge in [-0.1, -0.05) is 19.8 Å². The minimum absolute atomic E-state index is 0.0385. The second-order valence-corrected chi connectivity index (χ2v) is 6.54. The molecule has 0 radical (unpaired) electrons. The summed E-state index contributed by atoms with van der Waals surface area (Å²) in [4.78, 5) is 13.0. The lowest BCUT2D eigenvalue weighted by Gasteiger charge is -2.40. The Kier molecular flexibility index (Phi) is 4.33. The number of carboxylic acid groups (broad SMARTS) is 1. The summed E-state index contributed by atoms with van der Waals surface area (Å²) in [7, 11) is 0. The van der Waals surface area contributed by atoms with Gasteiger partial charge in [-0.3, -0.25) is 9.69 Å². The zero-order valence-corrected chi connectivity index (χ0v) is 11.7. The molecule has 0 bridgehead atoms. The number of hydrogen-bond acceptors (Lipinski definition) is 2. The number of aliphatic carboxylic acids is 1. The lowest BCUT2D eigenvalue weighted by atomic mass is 9.69. The summed E-state index contributed by atoms with van der Waals surface area (Å²) in [6.07, 6.45) is -0.0158. The molecule has 0 heterocycles. The van der Waals surface area contributed by atoms with E-state index in [4.69, 9.17) is 0 Å². The second-order valence-electron chi connectivity index (χ2n) is 6.54. The number of hydrogen-bond donors (Lipinski definition) is 1. The summed E-state index contributed by atoms with van der Waals surface area (Å²) in [5.74, 6) is -0.663.